The van der Waals surface area contributed by atoms with Gasteiger partial charge in [-0.3, -0.25) is 0 Å². The van der Waals surface area contributed by atoms with Gasteiger partial charge >= 0.3 is 0 Å². The minimum absolute atomic E-state index is 0.00764. The van der Waals surface area contributed by atoms with Gasteiger partial charge in [0.05, 0.1) is 5.75 Å². The first-order valence-corrected chi connectivity index (χ1v) is 3.23. The van der Waals surface area contributed by atoms with E-state index in [0.717, 1.165) is 0 Å². The average molecular weight is 124 g/mol. The summed E-state index contributed by atoms with van der Waals surface area (Å²) in [4.78, 5) is 0. The molecule has 4 heteroatoms. The van der Waals surface area contributed by atoms with Gasteiger partial charge in [-0.15, -0.1) is 0 Å². The van der Waals surface area contributed by atoms with Crippen molar-refractivity contribution in [2.45, 2.75) is 6.42 Å². The van der Waals surface area contributed by atoms with Crippen molar-refractivity contribution in [1.29, 1.82) is 0 Å². The molecule has 7 heavy (non-hydrogen) atoms. The third-order valence-electron chi connectivity index (χ3n) is 0.477. The monoisotopic (exact) mass is 124 g/mol. The Morgan fingerprint density at radius 3 is 2.29 bits per heavy atom. The quantitative estimate of drug-likeness (QED) is 0.503. The molecule has 0 fully saturated rings. The fourth-order valence-corrected chi connectivity index (χ4v) is 0.564. The molecule has 0 saturated carbocycles. The van der Waals surface area contributed by atoms with Crippen molar-refractivity contribution in [3.63, 3.8) is 0 Å². The van der Waals surface area contributed by atoms with Crippen LogP contribution in [0.15, 0.2) is 0 Å². The first-order valence-electron chi connectivity index (χ1n) is 1.95. The molecule has 0 aliphatic carbocycles. The van der Waals surface area contributed by atoms with Crippen molar-refractivity contribution in [2.75, 3.05) is 12.4 Å². The first-order chi connectivity index (χ1) is 3.27. The first kappa shape index (κ1) is 7.07. The molecule has 0 rings (SSSR count). The van der Waals surface area contributed by atoms with Gasteiger partial charge in [-0.05, 0) is 6.42 Å². The Hall–Kier alpha value is 0.0700. The van der Waals surface area contributed by atoms with Crippen molar-refractivity contribution in [3.8, 4) is 0 Å². The summed E-state index contributed by atoms with van der Waals surface area (Å²) >= 11 is -1.73. The second kappa shape index (κ2) is 4.23. The van der Waals surface area contributed by atoms with Crippen molar-refractivity contribution in [3.05, 3.63) is 0 Å². The normalized spacial score (nSPS) is 14.0. The van der Waals surface area contributed by atoms with Crippen molar-refractivity contribution < 1.29 is 13.9 Å². The molecule has 2 N–H and O–H groups in total. The van der Waals surface area contributed by atoms with Gasteiger partial charge in [-0.2, -0.15) is 0 Å². The molecule has 0 aliphatic heterocycles. The highest BCUT2D eigenvalue weighted by atomic mass is 32.2. The lowest BCUT2D eigenvalue weighted by molar-refractivity contribution is 0.295. The summed E-state index contributed by atoms with van der Waals surface area (Å²) in [5.41, 5.74) is 0. The van der Waals surface area contributed by atoms with E-state index in [0.29, 0.717) is 6.42 Å². The Balaban J connectivity index is 2.82. The van der Waals surface area contributed by atoms with Crippen LogP contribution in [0.5, 0.6) is 0 Å². The van der Waals surface area contributed by atoms with Gasteiger partial charge in [0.25, 0.3) is 0 Å². The zero-order valence-corrected chi connectivity index (χ0v) is 4.65. The van der Waals surface area contributed by atoms with Gasteiger partial charge in [0.2, 0.25) is 0 Å². The fraction of sp³-hybridized carbons (Fsp3) is 1.00. The number of aliphatic hydroxyl groups is 1. The van der Waals surface area contributed by atoms with Crippen LogP contribution in [0.4, 0.5) is 0 Å². The molecular formula is C3H8O3S. The number of hydrogen-bond donors (Lipinski definition) is 2. The molecule has 0 aromatic rings. The zero-order chi connectivity index (χ0) is 5.70. The largest absolute Gasteiger partial charge is 0.396 e. The molecule has 0 spiro atoms. The number of hydrogen-bond acceptors (Lipinski definition) is 2. The number of rotatable bonds is 3. The van der Waals surface area contributed by atoms with E-state index in [-0.39, 0.29) is 12.4 Å². The van der Waals surface area contributed by atoms with Crippen LogP contribution in [0.25, 0.3) is 0 Å². The van der Waals surface area contributed by atoms with E-state index >= 15 is 0 Å². The second-order valence-electron chi connectivity index (χ2n) is 1.10. The van der Waals surface area contributed by atoms with Crippen LogP contribution in [0.2, 0.25) is 0 Å². The predicted octanol–water partition coefficient (Wildman–Crippen LogP) is -0.409. The smallest absolute Gasteiger partial charge is 0.152 e. The molecule has 0 saturated heterocycles. The molecule has 1 unspecified atom stereocenters. The van der Waals surface area contributed by atoms with E-state index in [1.807, 2.05) is 0 Å². The summed E-state index contributed by atoms with van der Waals surface area (Å²) in [5.74, 6) is 0.177. The summed E-state index contributed by atoms with van der Waals surface area (Å²) in [6.45, 7) is -0.00764. The molecule has 0 aromatic heterocycles. The minimum atomic E-state index is -1.73. The number of aliphatic hydroxyl groups excluding tert-OH is 1. The Bertz CT molecular complexity index is 63.2. The predicted molar refractivity (Wildman–Crippen MR) is 27.3 cm³/mol. The molecule has 44 valence electrons. The van der Waals surface area contributed by atoms with Crippen molar-refractivity contribution >= 4 is 11.1 Å². The Morgan fingerprint density at radius 1 is 1.57 bits per heavy atom. The van der Waals surface area contributed by atoms with Crippen molar-refractivity contribution in [2.24, 2.45) is 0 Å². The third kappa shape index (κ3) is 6.07. The molecule has 0 aromatic carbocycles. The molecule has 0 heterocycles. The van der Waals surface area contributed by atoms with Gasteiger partial charge < -0.3 is 9.66 Å². The molecule has 0 radical (unpaired) electrons. The highest BCUT2D eigenvalue weighted by Gasteiger charge is 1.88. The van der Waals surface area contributed by atoms with E-state index in [9.17, 15) is 4.21 Å². The van der Waals surface area contributed by atoms with Gasteiger partial charge in [-0.25, -0.2) is 4.21 Å². The topological polar surface area (TPSA) is 57.5 Å². The lowest BCUT2D eigenvalue weighted by Gasteiger charge is -1.86. The molecule has 0 amide bonds. The van der Waals surface area contributed by atoms with Crippen LogP contribution in [0.1, 0.15) is 6.42 Å². The van der Waals surface area contributed by atoms with E-state index in [4.69, 9.17) is 9.66 Å². The second-order valence-corrected chi connectivity index (χ2v) is 2.15. The van der Waals surface area contributed by atoms with Crippen LogP contribution in [-0.2, 0) is 11.1 Å². The molecule has 0 bridgehead atoms. The summed E-state index contributed by atoms with van der Waals surface area (Å²) in [6.07, 6.45) is 0.406. The van der Waals surface area contributed by atoms with E-state index in [2.05, 4.69) is 0 Å². The molecule has 0 aliphatic rings. The Kier molecular flexibility index (Phi) is 4.28. The van der Waals surface area contributed by atoms with Gasteiger partial charge in [0.1, 0.15) is 0 Å². The van der Waals surface area contributed by atoms with Crippen LogP contribution in [0, 0.1) is 0 Å². The lowest BCUT2D eigenvalue weighted by atomic mass is 10.5. The highest BCUT2D eigenvalue weighted by molar-refractivity contribution is 7.79. The fourth-order valence-electron chi connectivity index (χ4n) is 0.188. The maximum absolute atomic E-state index is 9.76. The standard InChI is InChI=1S/C3H8O3S/c4-2-1-3-7(5)6/h4H,1-3H2,(H,5,6). The molecule has 3 nitrogen and oxygen atoms in total. The van der Waals surface area contributed by atoms with Crippen LogP contribution >= 0.6 is 0 Å². The SMILES string of the molecule is O=S(O)CCCO. The van der Waals surface area contributed by atoms with Crippen LogP contribution < -0.4 is 0 Å². The summed E-state index contributed by atoms with van der Waals surface area (Å²) in [5, 5.41) is 8.07. The summed E-state index contributed by atoms with van der Waals surface area (Å²) < 4.78 is 17.8. The van der Waals surface area contributed by atoms with E-state index < -0.39 is 11.1 Å². The zero-order valence-electron chi connectivity index (χ0n) is 3.83. The van der Waals surface area contributed by atoms with Crippen LogP contribution in [0.3, 0.4) is 0 Å². The van der Waals surface area contributed by atoms with E-state index in [1.54, 1.807) is 0 Å². The van der Waals surface area contributed by atoms with Gasteiger partial charge in [-0.1, -0.05) is 0 Å². The van der Waals surface area contributed by atoms with Gasteiger partial charge in [0, 0.05) is 6.61 Å². The third-order valence-corrected chi connectivity index (χ3v) is 1.11. The molecular weight excluding hydrogens is 116 g/mol. The van der Waals surface area contributed by atoms with E-state index in [1.165, 1.54) is 0 Å². The van der Waals surface area contributed by atoms with Gasteiger partial charge in [0.15, 0.2) is 11.1 Å². The Morgan fingerprint density at radius 2 is 2.14 bits per heavy atom. The minimum Gasteiger partial charge on any atom is -0.396 e. The average Bonchev–Trinajstić information content (AvgIpc) is 1.61. The Labute approximate surface area is 44.6 Å². The highest BCUT2D eigenvalue weighted by Crippen LogP contribution is 1.78. The lowest BCUT2D eigenvalue weighted by Crippen LogP contribution is -1.96. The maximum atomic E-state index is 9.76. The summed E-state index contributed by atoms with van der Waals surface area (Å²) in [6, 6.07) is 0. The van der Waals surface area contributed by atoms with Crippen LogP contribution in [-0.4, -0.2) is 26.2 Å². The summed E-state index contributed by atoms with van der Waals surface area (Å²) in [7, 11) is 0. The maximum Gasteiger partial charge on any atom is 0.152 e. The molecule has 1 atom stereocenters. The van der Waals surface area contributed by atoms with Crippen molar-refractivity contribution in [1.82, 2.24) is 0 Å².